The summed E-state index contributed by atoms with van der Waals surface area (Å²) < 4.78 is 78.8. The Hall–Kier alpha value is -3.88. The van der Waals surface area contributed by atoms with Gasteiger partial charge in [-0.3, -0.25) is 4.72 Å². The van der Waals surface area contributed by atoms with Crippen LogP contribution in [0.3, 0.4) is 0 Å². The summed E-state index contributed by atoms with van der Waals surface area (Å²) in [6, 6.07) is 9.70. The predicted octanol–water partition coefficient (Wildman–Crippen LogP) is 3.75. The highest BCUT2D eigenvalue weighted by atomic mass is 32.2. The van der Waals surface area contributed by atoms with Crippen LogP contribution in [0.25, 0.3) is 22.0 Å². The Kier molecular flexibility index (Phi) is 7.81. The molecule has 1 aliphatic rings. The van der Waals surface area contributed by atoms with Gasteiger partial charge in [0.05, 0.1) is 18.3 Å². The number of rotatable bonds is 8. The normalized spacial score (nSPS) is 15.1. The summed E-state index contributed by atoms with van der Waals surface area (Å²) in [5, 5.41) is 0.734. The highest BCUT2D eigenvalue weighted by Gasteiger charge is 2.27. The number of ether oxygens (including phenoxy) is 2. The third kappa shape index (κ3) is 6.24. The van der Waals surface area contributed by atoms with E-state index < -0.39 is 25.9 Å². The van der Waals surface area contributed by atoms with E-state index in [1.165, 1.54) is 24.0 Å². The van der Waals surface area contributed by atoms with Gasteiger partial charge in [0.1, 0.15) is 35.2 Å². The van der Waals surface area contributed by atoms with E-state index in [9.17, 15) is 21.2 Å². The highest BCUT2D eigenvalue weighted by molar-refractivity contribution is 7.92. The number of halogens is 1. The number of aromatic nitrogens is 3. The molecule has 2 aromatic heterocycles. The van der Waals surface area contributed by atoms with Crippen LogP contribution in [-0.2, 0) is 20.0 Å². The van der Waals surface area contributed by atoms with Gasteiger partial charge < -0.3 is 9.47 Å². The number of fused-ring (bicyclic) bond motifs is 1. The van der Waals surface area contributed by atoms with Gasteiger partial charge in [-0.05, 0) is 67.8 Å². The molecule has 0 aliphatic carbocycles. The molecular formula is C27H28FN5O6S2. The SMILES string of the molecule is COc1ncc(-c2cc(OC3CCN(S(C)(=O)=O)CC3)c3ncnc(C)c3c2)cc1NS(=O)(=O)c1ccc(F)cc1. The fourth-order valence-corrected chi connectivity index (χ4v) is 6.56. The largest absolute Gasteiger partial charge is 0.488 e. The average molecular weight is 602 g/mol. The lowest BCUT2D eigenvalue weighted by atomic mass is 10.0. The quantitative estimate of drug-likeness (QED) is 0.320. The highest BCUT2D eigenvalue weighted by Crippen LogP contribution is 2.36. The number of hydrogen-bond acceptors (Lipinski definition) is 9. The maximum Gasteiger partial charge on any atom is 0.262 e. The van der Waals surface area contributed by atoms with E-state index in [-0.39, 0.29) is 22.6 Å². The number of benzene rings is 2. The zero-order valence-corrected chi connectivity index (χ0v) is 24.2. The van der Waals surface area contributed by atoms with Crippen molar-refractivity contribution in [3.05, 3.63) is 66.5 Å². The first-order valence-corrected chi connectivity index (χ1v) is 16.0. The van der Waals surface area contributed by atoms with Gasteiger partial charge in [-0.2, -0.15) is 0 Å². The number of anilines is 1. The molecule has 0 spiro atoms. The summed E-state index contributed by atoms with van der Waals surface area (Å²) in [7, 11) is -5.98. The van der Waals surface area contributed by atoms with Gasteiger partial charge in [0.2, 0.25) is 15.9 Å². The molecule has 3 heterocycles. The molecule has 5 rings (SSSR count). The van der Waals surface area contributed by atoms with E-state index in [0.717, 1.165) is 29.7 Å². The smallest absolute Gasteiger partial charge is 0.262 e. The molecule has 41 heavy (non-hydrogen) atoms. The van der Waals surface area contributed by atoms with E-state index in [1.54, 1.807) is 18.3 Å². The van der Waals surface area contributed by atoms with Crippen LogP contribution in [0.5, 0.6) is 11.6 Å². The number of sulfonamides is 2. The lowest BCUT2D eigenvalue weighted by Crippen LogP contribution is -2.41. The first-order valence-electron chi connectivity index (χ1n) is 12.6. The molecule has 0 saturated carbocycles. The minimum absolute atomic E-state index is 0.0499. The zero-order valence-electron chi connectivity index (χ0n) is 22.5. The molecule has 1 aliphatic heterocycles. The van der Waals surface area contributed by atoms with Crippen LogP contribution in [-0.4, -0.2) is 68.7 Å². The summed E-state index contributed by atoms with van der Waals surface area (Å²) >= 11 is 0. The first-order chi connectivity index (χ1) is 19.4. The third-order valence-electron chi connectivity index (χ3n) is 6.81. The van der Waals surface area contributed by atoms with E-state index >= 15 is 0 Å². The van der Waals surface area contributed by atoms with Crippen molar-refractivity contribution in [2.75, 3.05) is 31.2 Å². The van der Waals surface area contributed by atoms with Crippen molar-refractivity contribution in [3.63, 3.8) is 0 Å². The van der Waals surface area contributed by atoms with Crippen LogP contribution in [0.2, 0.25) is 0 Å². The summed E-state index contributed by atoms with van der Waals surface area (Å²) in [4.78, 5) is 12.9. The standard InChI is InChI=1S/C27H28FN5O6S2/c1-17-23-12-18(14-25(26(23)31-16-30-17)39-21-8-10-33(11-9-21)40(3,34)35)19-13-24(27(38-2)29-15-19)32-41(36,37)22-6-4-20(28)5-7-22/h4-7,12-16,21,32H,8-11H2,1-3H3. The maximum atomic E-state index is 13.4. The Labute approximate surface area is 237 Å². The van der Waals surface area contributed by atoms with Crippen LogP contribution < -0.4 is 14.2 Å². The Bertz CT molecular complexity index is 1810. The number of nitrogens with zero attached hydrogens (tertiary/aromatic N) is 4. The molecule has 0 amide bonds. The monoisotopic (exact) mass is 601 g/mol. The van der Waals surface area contributed by atoms with Crippen molar-refractivity contribution in [1.29, 1.82) is 0 Å². The van der Waals surface area contributed by atoms with Crippen molar-refractivity contribution in [3.8, 4) is 22.8 Å². The van der Waals surface area contributed by atoms with Gasteiger partial charge in [0.15, 0.2) is 0 Å². The Balaban J connectivity index is 1.51. The van der Waals surface area contributed by atoms with Crippen molar-refractivity contribution in [2.24, 2.45) is 0 Å². The molecule has 0 bridgehead atoms. The predicted molar refractivity (Wildman–Crippen MR) is 151 cm³/mol. The number of pyridine rings is 1. The summed E-state index contributed by atoms with van der Waals surface area (Å²) in [6.07, 6.45) is 5.00. The van der Waals surface area contributed by atoms with Gasteiger partial charge >= 0.3 is 0 Å². The average Bonchev–Trinajstić information content (AvgIpc) is 2.93. The van der Waals surface area contributed by atoms with E-state index in [4.69, 9.17) is 9.47 Å². The topological polar surface area (TPSA) is 141 Å². The van der Waals surface area contributed by atoms with Crippen LogP contribution >= 0.6 is 0 Å². The molecule has 0 atom stereocenters. The fourth-order valence-electron chi connectivity index (χ4n) is 4.64. The number of hydrogen-bond donors (Lipinski definition) is 1. The molecule has 216 valence electrons. The van der Waals surface area contributed by atoms with E-state index in [2.05, 4.69) is 19.7 Å². The van der Waals surface area contributed by atoms with Crippen LogP contribution in [0.1, 0.15) is 18.5 Å². The molecule has 0 radical (unpaired) electrons. The van der Waals surface area contributed by atoms with Crippen molar-refractivity contribution in [2.45, 2.75) is 30.8 Å². The molecule has 14 heteroatoms. The van der Waals surface area contributed by atoms with Gasteiger partial charge in [-0.25, -0.2) is 40.5 Å². The minimum Gasteiger partial charge on any atom is -0.488 e. The molecule has 1 saturated heterocycles. The third-order valence-corrected chi connectivity index (χ3v) is 9.50. The second-order valence-corrected chi connectivity index (χ2v) is 13.3. The number of aryl methyl sites for hydroxylation is 1. The molecule has 11 nitrogen and oxygen atoms in total. The van der Waals surface area contributed by atoms with E-state index in [0.29, 0.717) is 54.0 Å². The molecular weight excluding hydrogens is 573 g/mol. The number of methoxy groups -OCH3 is 1. The lowest BCUT2D eigenvalue weighted by Gasteiger charge is -2.30. The second kappa shape index (κ2) is 11.2. The number of piperidine rings is 1. The van der Waals surface area contributed by atoms with Crippen LogP contribution in [0.15, 0.2) is 59.9 Å². The van der Waals surface area contributed by atoms with Gasteiger partial charge in [0.25, 0.3) is 10.0 Å². The first kappa shape index (κ1) is 28.6. The Morgan fingerprint density at radius 2 is 1.68 bits per heavy atom. The summed E-state index contributed by atoms with van der Waals surface area (Å²) in [5.41, 5.74) is 2.63. The zero-order chi connectivity index (χ0) is 29.4. The van der Waals surface area contributed by atoms with Gasteiger partial charge in [-0.1, -0.05) is 0 Å². The van der Waals surface area contributed by atoms with Crippen LogP contribution in [0.4, 0.5) is 10.1 Å². The molecule has 0 unspecified atom stereocenters. The van der Waals surface area contributed by atoms with Crippen molar-refractivity contribution in [1.82, 2.24) is 19.3 Å². The van der Waals surface area contributed by atoms with Crippen LogP contribution in [0, 0.1) is 12.7 Å². The molecule has 2 aromatic carbocycles. The minimum atomic E-state index is -4.07. The lowest BCUT2D eigenvalue weighted by molar-refractivity contribution is 0.137. The molecule has 1 fully saturated rings. The summed E-state index contributed by atoms with van der Waals surface area (Å²) in [5.74, 6) is -0.0151. The number of nitrogens with one attached hydrogen (secondary N) is 1. The van der Waals surface area contributed by atoms with Crippen molar-refractivity contribution < 1.29 is 30.7 Å². The fraction of sp³-hybridized carbons (Fsp3) is 0.296. The molecule has 1 N–H and O–H groups in total. The Morgan fingerprint density at radius 1 is 0.976 bits per heavy atom. The molecule has 4 aromatic rings. The summed E-state index contributed by atoms with van der Waals surface area (Å²) in [6.45, 7) is 2.56. The van der Waals surface area contributed by atoms with E-state index in [1.807, 2.05) is 13.0 Å². The van der Waals surface area contributed by atoms with Crippen molar-refractivity contribution >= 4 is 36.6 Å². The Morgan fingerprint density at radius 3 is 2.34 bits per heavy atom. The van der Waals surface area contributed by atoms with Gasteiger partial charge in [0, 0.05) is 35.9 Å². The second-order valence-electron chi connectivity index (χ2n) is 9.65. The maximum absolute atomic E-state index is 13.4. The van der Waals surface area contributed by atoms with Gasteiger partial charge in [-0.15, -0.1) is 0 Å².